The Kier molecular flexibility index (Phi) is 7.75. The number of aromatic nitrogens is 1. The van der Waals surface area contributed by atoms with Crippen LogP contribution in [0.3, 0.4) is 0 Å². The normalized spacial score (nSPS) is 14.6. The predicted octanol–water partition coefficient (Wildman–Crippen LogP) is 5.80. The Hall–Kier alpha value is -4.50. The van der Waals surface area contributed by atoms with E-state index in [9.17, 15) is 14.4 Å². The largest absolute Gasteiger partial charge is 0.445 e. The van der Waals surface area contributed by atoms with Gasteiger partial charge in [-0.05, 0) is 48.2 Å². The van der Waals surface area contributed by atoms with Gasteiger partial charge >= 0.3 is 6.09 Å². The highest BCUT2D eigenvalue weighted by atomic mass is 32.1. The van der Waals surface area contributed by atoms with Gasteiger partial charge in [0.25, 0.3) is 5.91 Å². The number of anilines is 2. The second kappa shape index (κ2) is 11.7. The number of hydrogen-bond acceptors (Lipinski definition) is 6. The molecule has 0 radical (unpaired) electrons. The van der Waals surface area contributed by atoms with Crippen molar-refractivity contribution in [1.29, 1.82) is 0 Å². The first-order valence-corrected chi connectivity index (χ1v) is 13.1. The van der Waals surface area contributed by atoms with Crippen LogP contribution < -0.4 is 10.6 Å². The molecule has 3 amide bonds. The fraction of sp³-hybridized carbons (Fsp3) is 0.172. The van der Waals surface area contributed by atoms with Crippen molar-refractivity contribution in [3.05, 3.63) is 102 Å². The summed E-state index contributed by atoms with van der Waals surface area (Å²) in [5.74, 6) is -0.479. The maximum Gasteiger partial charge on any atom is 0.410 e. The van der Waals surface area contributed by atoms with E-state index in [0.29, 0.717) is 29.3 Å². The zero-order valence-corrected chi connectivity index (χ0v) is 21.3. The molecule has 0 saturated carbocycles. The lowest BCUT2D eigenvalue weighted by molar-refractivity contribution is -0.120. The van der Waals surface area contributed by atoms with Crippen LogP contribution in [0.15, 0.2) is 91.1 Å². The van der Waals surface area contributed by atoms with E-state index >= 15 is 0 Å². The van der Waals surface area contributed by atoms with Gasteiger partial charge in [0.2, 0.25) is 5.91 Å². The average molecular weight is 527 g/mol. The van der Waals surface area contributed by atoms with Gasteiger partial charge in [0.05, 0.1) is 4.88 Å². The number of likely N-dealkylation sites (tertiary alicyclic amines) is 1. The molecule has 1 fully saturated rings. The van der Waals surface area contributed by atoms with Crippen molar-refractivity contribution in [2.75, 3.05) is 17.2 Å². The molecule has 38 heavy (non-hydrogen) atoms. The molecule has 8 nitrogen and oxygen atoms in total. The molecule has 4 aromatic rings. The van der Waals surface area contributed by atoms with Crippen LogP contribution >= 0.6 is 11.3 Å². The summed E-state index contributed by atoms with van der Waals surface area (Å²) in [5, 5.41) is 6.20. The fourth-order valence-electron chi connectivity index (χ4n) is 4.26. The van der Waals surface area contributed by atoms with E-state index in [0.717, 1.165) is 22.4 Å². The molecule has 5 rings (SSSR count). The van der Waals surface area contributed by atoms with E-state index in [2.05, 4.69) is 15.6 Å². The van der Waals surface area contributed by atoms with Crippen LogP contribution in [0, 0.1) is 0 Å². The average Bonchev–Trinajstić information content (AvgIpc) is 3.63. The highest BCUT2D eigenvalue weighted by Gasteiger charge is 2.35. The maximum atomic E-state index is 13.0. The zero-order chi connectivity index (χ0) is 26.3. The standard InChI is InChI=1S/C29H26N4O4S/c34-26(21-11-5-2-6-12-21)31-23-14-7-13-22(17-23)25-18-30-28(38-25)32-27(35)24-15-8-16-33(24)29(36)37-19-20-9-3-1-4-10-20/h1-7,9-14,17-18,24H,8,15-16,19H2,(H,31,34)(H,30,32,35)/t24-/m0/s1. The van der Waals surface area contributed by atoms with Crippen molar-refractivity contribution in [3.63, 3.8) is 0 Å². The summed E-state index contributed by atoms with van der Waals surface area (Å²) in [5.41, 5.74) is 2.98. The fourth-order valence-corrected chi connectivity index (χ4v) is 5.07. The van der Waals surface area contributed by atoms with E-state index in [4.69, 9.17) is 4.74 Å². The molecule has 1 aliphatic rings. The number of nitrogens with zero attached hydrogens (tertiary/aromatic N) is 2. The monoisotopic (exact) mass is 526 g/mol. The molecule has 9 heteroatoms. The van der Waals surface area contributed by atoms with Crippen molar-refractivity contribution in [1.82, 2.24) is 9.88 Å². The van der Waals surface area contributed by atoms with Crippen molar-refractivity contribution in [3.8, 4) is 10.4 Å². The van der Waals surface area contributed by atoms with E-state index in [1.165, 1.54) is 16.2 Å². The Morgan fingerprint density at radius 2 is 1.71 bits per heavy atom. The molecule has 1 saturated heterocycles. The van der Waals surface area contributed by atoms with Crippen LogP contribution in [0.4, 0.5) is 15.6 Å². The summed E-state index contributed by atoms with van der Waals surface area (Å²) in [4.78, 5) is 44.8. The van der Waals surface area contributed by atoms with Crippen LogP contribution in [-0.2, 0) is 16.1 Å². The molecule has 1 aromatic heterocycles. The SMILES string of the molecule is O=C(Nc1cccc(-c2cnc(NC(=O)[C@@H]3CCCN3C(=O)OCc3ccccc3)s2)c1)c1ccccc1. The summed E-state index contributed by atoms with van der Waals surface area (Å²) < 4.78 is 5.44. The quantitative estimate of drug-likeness (QED) is 0.317. The molecule has 2 heterocycles. The molecule has 2 N–H and O–H groups in total. The highest BCUT2D eigenvalue weighted by molar-refractivity contribution is 7.19. The molecular formula is C29H26N4O4S. The second-order valence-electron chi connectivity index (χ2n) is 8.81. The first-order valence-electron chi connectivity index (χ1n) is 12.3. The van der Waals surface area contributed by atoms with E-state index in [-0.39, 0.29) is 18.4 Å². The predicted molar refractivity (Wildman–Crippen MR) is 147 cm³/mol. The van der Waals surface area contributed by atoms with Gasteiger partial charge in [-0.1, -0.05) is 72.0 Å². The Labute approximate surface area is 224 Å². The number of thiazole rings is 1. The van der Waals surface area contributed by atoms with Gasteiger partial charge in [0, 0.05) is 24.0 Å². The van der Waals surface area contributed by atoms with Gasteiger partial charge in [-0.25, -0.2) is 9.78 Å². The van der Waals surface area contributed by atoms with Crippen LogP contribution in [0.1, 0.15) is 28.8 Å². The lowest BCUT2D eigenvalue weighted by atomic mass is 10.1. The molecule has 0 bridgehead atoms. The zero-order valence-electron chi connectivity index (χ0n) is 20.5. The molecule has 0 aliphatic carbocycles. The molecule has 0 unspecified atom stereocenters. The first kappa shape index (κ1) is 25.2. The lowest BCUT2D eigenvalue weighted by Gasteiger charge is -2.22. The minimum absolute atomic E-state index is 0.158. The topological polar surface area (TPSA) is 101 Å². The Morgan fingerprint density at radius 3 is 2.50 bits per heavy atom. The van der Waals surface area contributed by atoms with Crippen molar-refractivity contribution in [2.45, 2.75) is 25.5 Å². The summed E-state index contributed by atoms with van der Waals surface area (Å²) >= 11 is 1.32. The molecule has 1 aliphatic heterocycles. The van der Waals surface area contributed by atoms with Crippen molar-refractivity contribution in [2.24, 2.45) is 0 Å². The molecular weight excluding hydrogens is 500 g/mol. The van der Waals surface area contributed by atoms with E-state index < -0.39 is 12.1 Å². The number of nitrogens with one attached hydrogen (secondary N) is 2. The third-order valence-electron chi connectivity index (χ3n) is 6.17. The van der Waals surface area contributed by atoms with Gasteiger partial charge in [-0.2, -0.15) is 0 Å². The number of carbonyl (C=O) groups excluding carboxylic acids is 3. The minimum atomic E-state index is -0.609. The first-order chi connectivity index (χ1) is 18.6. The van der Waals surface area contributed by atoms with E-state index in [1.54, 1.807) is 18.3 Å². The van der Waals surface area contributed by atoms with Crippen molar-refractivity contribution >= 4 is 40.1 Å². The van der Waals surface area contributed by atoms with Crippen LogP contribution in [0.25, 0.3) is 10.4 Å². The third kappa shape index (κ3) is 6.07. The maximum absolute atomic E-state index is 13.0. The van der Waals surface area contributed by atoms with Gasteiger partial charge in [0.15, 0.2) is 5.13 Å². The summed E-state index contributed by atoms with van der Waals surface area (Å²) in [6.07, 6.45) is 2.47. The number of amides is 3. The summed E-state index contributed by atoms with van der Waals surface area (Å²) in [6, 6.07) is 25.3. The van der Waals surface area contributed by atoms with E-state index in [1.807, 2.05) is 72.8 Å². The van der Waals surface area contributed by atoms with Gasteiger partial charge in [0.1, 0.15) is 12.6 Å². The Balaban J connectivity index is 1.20. The molecule has 0 spiro atoms. The van der Waals surface area contributed by atoms with Gasteiger partial charge in [-0.15, -0.1) is 0 Å². The minimum Gasteiger partial charge on any atom is -0.445 e. The molecule has 1 atom stereocenters. The summed E-state index contributed by atoms with van der Waals surface area (Å²) in [6.45, 7) is 0.627. The van der Waals surface area contributed by atoms with Gasteiger partial charge < -0.3 is 15.4 Å². The summed E-state index contributed by atoms with van der Waals surface area (Å²) in [7, 11) is 0. The van der Waals surface area contributed by atoms with Crippen LogP contribution in [-0.4, -0.2) is 40.4 Å². The molecule has 3 aromatic carbocycles. The van der Waals surface area contributed by atoms with Crippen LogP contribution in [0.5, 0.6) is 0 Å². The molecule has 192 valence electrons. The number of carbonyl (C=O) groups is 3. The Morgan fingerprint density at radius 1 is 0.947 bits per heavy atom. The number of rotatable bonds is 7. The smallest absolute Gasteiger partial charge is 0.410 e. The third-order valence-corrected chi connectivity index (χ3v) is 7.13. The number of hydrogen-bond donors (Lipinski definition) is 2. The van der Waals surface area contributed by atoms with Crippen LogP contribution in [0.2, 0.25) is 0 Å². The van der Waals surface area contributed by atoms with Gasteiger partial charge in [-0.3, -0.25) is 14.5 Å². The Bertz CT molecular complexity index is 1420. The lowest BCUT2D eigenvalue weighted by Crippen LogP contribution is -2.43. The van der Waals surface area contributed by atoms with Crippen molar-refractivity contribution < 1.29 is 19.1 Å². The second-order valence-corrected chi connectivity index (χ2v) is 9.84. The highest BCUT2D eigenvalue weighted by Crippen LogP contribution is 2.31. The number of ether oxygens (including phenoxy) is 1. The number of benzene rings is 3.